The topological polar surface area (TPSA) is 34.1 Å². The molecule has 0 radical (unpaired) electrons. The molecule has 23 heavy (non-hydrogen) atoms. The van der Waals surface area contributed by atoms with Crippen LogP contribution in [-0.4, -0.2) is 18.6 Å². The summed E-state index contributed by atoms with van der Waals surface area (Å²) in [6.07, 6.45) is 2.75. The molecule has 3 nitrogen and oxygen atoms in total. The van der Waals surface area contributed by atoms with Crippen LogP contribution in [0.2, 0.25) is 0 Å². The van der Waals surface area contributed by atoms with E-state index in [-0.39, 0.29) is 18.5 Å². The molecule has 0 amide bonds. The van der Waals surface area contributed by atoms with E-state index in [4.69, 9.17) is 4.74 Å². The van der Waals surface area contributed by atoms with E-state index in [1.807, 2.05) is 43.6 Å². The number of ether oxygens (including phenoxy) is 1. The lowest BCUT2D eigenvalue weighted by atomic mass is 10.1. The van der Waals surface area contributed by atoms with E-state index in [1.165, 1.54) is 5.56 Å². The maximum atomic E-state index is 6.34. The molecule has 0 bridgehead atoms. The lowest BCUT2D eigenvalue weighted by molar-refractivity contribution is 0.197. The minimum atomic E-state index is 0. The second-order valence-electron chi connectivity index (χ2n) is 5.24. The molecular formula is C19H21ClN2O. The highest BCUT2D eigenvalue weighted by molar-refractivity contribution is 5.85. The third kappa shape index (κ3) is 4.21. The van der Waals surface area contributed by atoms with E-state index in [1.54, 1.807) is 0 Å². The molecule has 0 aliphatic carbocycles. The van der Waals surface area contributed by atoms with E-state index in [0.717, 1.165) is 29.6 Å². The maximum absolute atomic E-state index is 6.34. The van der Waals surface area contributed by atoms with E-state index in [0.29, 0.717) is 0 Å². The summed E-state index contributed by atoms with van der Waals surface area (Å²) in [4.78, 5) is 4.39. The number of hydrogen-bond acceptors (Lipinski definition) is 3. The minimum absolute atomic E-state index is 0. The Morgan fingerprint density at radius 2 is 1.83 bits per heavy atom. The third-order valence-electron chi connectivity index (χ3n) is 3.70. The van der Waals surface area contributed by atoms with Crippen molar-refractivity contribution in [3.05, 3.63) is 72.4 Å². The summed E-state index contributed by atoms with van der Waals surface area (Å²) < 4.78 is 6.34. The molecule has 1 heterocycles. The number of aromatic nitrogens is 1. The standard InChI is InChI=1S/C19H20N2O.ClH/c1-20-14-12-18(15-7-3-2-4-8-15)22-19-11-5-10-17-16(19)9-6-13-21-17;/h2-11,13,18,20H,12,14H2,1H3;1H/t18-;/m0./s1. The van der Waals surface area contributed by atoms with Gasteiger partial charge in [0.1, 0.15) is 11.9 Å². The number of rotatable bonds is 6. The van der Waals surface area contributed by atoms with E-state index in [2.05, 4.69) is 40.6 Å². The Bertz CT molecular complexity index is 728. The van der Waals surface area contributed by atoms with Gasteiger partial charge in [-0.05, 0) is 43.4 Å². The summed E-state index contributed by atoms with van der Waals surface area (Å²) in [7, 11) is 1.96. The molecule has 2 aromatic carbocycles. The first-order valence-corrected chi connectivity index (χ1v) is 7.58. The van der Waals surface area contributed by atoms with Crippen LogP contribution in [0.1, 0.15) is 18.1 Å². The summed E-state index contributed by atoms with van der Waals surface area (Å²) in [6.45, 7) is 0.905. The molecule has 1 N–H and O–H groups in total. The molecular weight excluding hydrogens is 308 g/mol. The van der Waals surface area contributed by atoms with Crippen LogP contribution in [0.5, 0.6) is 5.75 Å². The van der Waals surface area contributed by atoms with Crippen molar-refractivity contribution in [1.29, 1.82) is 0 Å². The van der Waals surface area contributed by atoms with Gasteiger partial charge in [-0.2, -0.15) is 0 Å². The molecule has 1 aromatic heterocycles. The van der Waals surface area contributed by atoms with Gasteiger partial charge in [0.05, 0.1) is 5.52 Å². The van der Waals surface area contributed by atoms with Gasteiger partial charge in [0.15, 0.2) is 0 Å². The molecule has 0 saturated carbocycles. The van der Waals surface area contributed by atoms with Crippen LogP contribution in [0.15, 0.2) is 66.9 Å². The van der Waals surface area contributed by atoms with Gasteiger partial charge in [-0.3, -0.25) is 4.98 Å². The summed E-state index contributed by atoms with van der Waals surface area (Å²) in [5, 5.41) is 4.25. The van der Waals surface area contributed by atoms with Gasteiger partial charge < -0.3 is 10.1 Å². The molecule has 0 saturated heterocycles. The van der Waals surface area contributed by atoms with Gasteiger partial charge in [-0.15, -0.1) is 12.4 Å². The average molecular weight is 329 g/mol. The number of halogens is 1. The first-order valence-electron chi connectivity index (χ1n) is 7.58. The molecule has 0 unspecified atom stereocenters. The Morgan fingerprint density at radius 1 is 1.00 bits per heavy atom. The highest BCUT2D eigenvalue weighted by Gasteiger charge is 2.14. The number of nitrogens with zero attached hydrogens (tertiary/aromatic N) is 1. The minimum Gasteiger partial charge on any atom is -0.485 e. The van der Waals surface area contributed by atoms with E-state index >= 15 is 0 Å². The fourth-order valence-electron chi connectivity index (χ4n) is 2.57. The fraction of sp³-hybridized carbons (Fsp3) is 0.211. The monoisotopic (exact) mass is 328 g/mol. The zero-order valence-corrected chi connectivity index (χ0v) is 13.9. The fourth-order valence-corrected chi connectivity index (χ4v) is 2.57. The van der Waals surface area contributed by atoms with Crippen LogP contribution < -0.4 is 10.1 Å². The normalized spacial score (nSPS) is 11.7. The van der Waals surface area contributed by atoms with E-state index < -0.39 is 0 Å². The Balaban J connectivity index is 0.00000192. The van der Waals surface area contributed by atoms with Crippen LogP contribution in [0.3, 0.4) is 0 Å². The van der Waals surface area contributed by atoms with Gasteiger partial charge in [0.2, 0.25) is 0 Å². The van der Waals surface area contributed by atoms with Crippen LogP contribution in [0.4, 0.5) is 0 Å². The smallest absolute Gasteiger partial charge is 0.129 e. The van der Waals surface area contributed by atoms with Crippen molar-refractivity contribution in [1.82, 2.24) is 10.3 Å². The molecule has 0 spiro atoms. The largest absolute Gasteiger partial charge is 0.485 e. The van der Waals surface area contributed by atoms with Gasteiger partial charge in [-0.25, -0.2) is 0 Å². The van der Waals surface area contributed by atoms with Crippen molar-refractivity contribution in [2.75, 3.05) is 13.6 Å². The first kappa shape index (κ1) is 17.3. The Kier molecular flexibility index (Phi) is 6.39. The summed E-state index contributed by atoms with van der Waals surface area (Å²) >= 11 is 0. The van der Waals surface area contributed by atoms with Gasteiger partial charge in [-0.1, -0.05) is 36.4 Å². The molecule has 0 fully saturated rings. The van der Waals surface area contributed by atoms with Crippen molar-refractivity contribution in [3.63, 3.8) is 0 Å². The second kappa shape index (κ2) is 8.51. The third-order valence-corrected chi connectivity index (χ3v) is 3.70. The first-order chi connectivity index (χ1) is 10.9. The van der Waals surface area contributed by atoms with Crippen LogP contribution in [-0.2, 0) is 0 Å². The summed E-state index contributed by atoms with van der Waals surface area (Å²) in [5.41, 5.74) is 2.15. The van der Waals surface area contributed by atoms with Gasteiger partial charge >= 0.3 is 0 Å². The van der Waals surface area contributed by atoms with Crippen molar-refractivity contribution in [2.45, 2.75) is 12.5 Å². The van der Waals surface area contributed by atoms with Crippen molar-refractivity contribution >= 4 is 23.3 Å². The molecule has 1 atom stereocenters. The number of hydrogen-bond donors (Lipinski definition) is 1. The lowest BCUT2D eigenvalue weighted by Crippen LogP contribution is -2.16. The van der Waals surface area contributed by atoms with Gasteiger partial charge in [0, 0.05) is 18.0 Å². The summed E-state index contributed by atoms with van der Waals surface area (Å²) in [6, 6.07) is 20.4. The Morgan fingerprint density at radius 3 is 2.61 bits per heavy atom. The highest BCUT2D eigenvalue weighted by Crippen LogP contribution is 2.30. The molecule has 3 rings (SSSR count). The number of fused-ring (bicyclic) bond motifs is 1. The quantitative estimate of drug-likeness (QED) is 0.729. The summed E-state index contributed by atoms with van der Waals surface area (Å²) in [5.74, 6) is 0.885. The zero-order valence-electron chi connectivity index (χ0n) is 13.1. The lowest BCUT2D eigenvalue weighted by Gasteiger charge is -2.20. The molecule has 4 heteroatoms. The maximum Gasteiger partial charge on any atom is 0.129 e. The predicted molar refractivity (Wildman–Crippen MR) is 97.3 cm³/mol. The van der Waals surface area contributed by atoms with Crippen LogP contribution in [0, 0.1) is 0 Å². The number of pyridine rings is 1. The second-order valence-corrected chi connectivity index (χ2v) is 5.24. The van der Waals surface area contributed by atoms with Gasteiger partial charge in [0.25, 0.3) is 0 Å². The molecule has 0 aliphatic rings. The Hall–Kier alpha value is -2.10. The highest BCUT2D eigenvalue weighted by atomic mass is 35.5. The van der Waals surface area contributed by atoms with Crippen molar-refractivity contribution in [2.24, 2.45) is 0 Å². The average Bonchev–Trinajstić information content (AvgIpc) is 2.59. The van der Waals surface area contributed by atoms with Crippen LogP contribution >= 0.6 is 12.4 Å². The number of nitrogens with one attached hydrogen (secondary N) is 1. The molecule has 3 aromatic rings. The molecule has 0 aliphatic heterocycles. The van der Waals surface area contributed by atoms with Crippen LogP contribution in [0.25, 0.3) is 10.9 Å². The van der Waals surface area contributed by atoms with Crippen molar-refractivity contribution in [3.8, 4) is 5.75 Å². The molecule has 120 valence electrons. The Labute approximate surface area is 143 Å². The van der Waals surface area contributed by atoms with Crippen molar-refractivity contribution < 1.29 is 4.74 Å². The predicted octanol–water partition coefficient (Wildman–Crippen LogP) is 4.39. The zero-order chi connectivity index (χ0) is 15.2. The number of benzene rings is 2. The van der Waals surface area contributed by atoms with E-state index in [9.17, 15) is 0 Å². The SMILES string of the molecule is CNCC[C@H](Oc1cccc2ncccc12)c1ccccc1.Cl.